The highest BCUT2D eigenvalue weighted by Gasteiger charge is 2.17. The summed E-state index contributed by atoms with van der Waals surface area (Å²) in [7, 11) is 0. The Balaban J connectivity index is 2.95. The number of aromatic nitrogens is 1. The maximum atomic E-state index is 12.5. The summed E-state index contributed by atoms with van der Waals surface area (Å²) in [5.41, 5.74) is 5.53. The van der Waals surface area contributed by atoms with Crippen molar-refractivity contribution in [3.8, 4) is 0 Å². The summed E-state index contributed by atoms with van der Waals surface area (Å²) in [5, 5.41) is 0. The Morgan fingerprint density at radius 2 is 2.29 bits per heavy atom. The Morgan fingerprint density at radius 1 is 1.65 bits per heavy atom. The van der Waals surface area contributed by atoms with Crippen LogP contribution in [0.25, 0.3) is 0 Å². The van der Waals surface area contributed by atoms with Crippen molar-refractivity contribution in [3.63, 3.8) is 0 Å². The van der Waals surface area contributed by atoms with Crippen LogP contribution in [0.15, 0.2) is 10.7 Å². The zero-order chi connectivity index (χ0) is 13.0. The normalized spacial score (nSPS) is 10.6. The Kier molecular flexibility index (Phi) is 4.80. The summed E-state index contributed by atoms with van der Waals surface area (Å²) in [6.45, 7) is 1.92. The topological polar surface area (TPSA) is 65.2 Å². The number of carbonyl (C=O) groups is 1. The van der Waals surface area contributed by atoms with Crippen molar-refractivity contribution in [2.24, 2.45) is 0 Å². The molecule has 0 amide bonds. The van der Waals surface area contributed by atoms with Gasteiger partial charge in [-0.2, -0.15) is 0 Å². The van der Waals surface area contributed by atoms with Crippen LogP contribution in [-0.2, 0) is 16.0 Å². The summed E-state index contributed by atoms with van der Waals surface area (Å²) >= 11 is 2.91. The van der Waals surface area contributed by atoms with Gasteiger partial charge in [0.15, 0.2) is 0 Å². The largest absolute Gasteiger partial charge is 0.466 e. The van der Waals surface area contributed by atoms with Crippen molar-refractivity contribution >= 4 is 27.6 Å². The molecule has 0 aliphatic rings. The summed E-state index contributed by atoms with van der Waals surface area (Å²) in [6, 6.07) is 1.11. The SMILES string of the molecule is CCOC(=O)Cc1nc(Br)c(C(F)F)cc1N. The molecule has 0 aromatic carbocycles. The number of hydrogen-bond donors (Lipinski definition) is 1. The molecule has 0 atom stereocenters. The minimum absolute atomic E-state index is 0.0130. The highest BCUT2D eigenvalue weighted by molar-refractivity contribution is 9.10. The van der Waals surface area contributed by atoms with Gasteiger partial charge in [-0.05, 0) is 28.9 Å². The van der Waals surface area contributed by atoms with E-state index in [1.54, 1.807) is 6.92 Å². The molecule has 0 aliphatic carbocycles. The minimum atomic E-state index is -2.67. The van der Waals surface area contributed by atoms with Gasteiger partial charge in [-0.25, -0.2) is 13.8 Å². The van der Waals surface area contributed by atoms with Crippen LogP contribution < -0.4 is 5.73 Å². The molecular formula is C10H11BrF2N2O2. The van der Waals surface area contributed by atoms with Gasteiger partial charge in [-0.15, -0.1) is 0 Å². The molecule has 1 rings (SSSR count). The second kappa shape index (κ2) is 5.90. The van der Waals surface area contributed by atoms with E-state index in [4.69, 9.17) is 10.5 Å². The molecular weight excluding hydrogens is 298 g/mol. The second-order valence-corrected chi connectivity index (χ2v) is 3.94. The first-order valence-corrected chi connectivity index (χ1v) is 5.63. The average Bonchev–Trinajstić information content (AvgIpc) is 2.22. The highest BCUT2D eigenvalue weighted by Crippen LogP contribution is 2.29. The van der Waals surface area contributed by atoms with E-state index in [1.807, 2.05) is 0 Å². The Labute approximate surface area is 105 Å². The van der Waals surface area contributed by atoms with Crippen LogP contribution in [-0.4, -0.2) is 17.6 Å². The van der Waals surface area contributed by atoms with Gasteiger partial charge in [-0.1, -0.05) is 0 Å². The molecule has 17 heavy (non-hydrogen) atoms. The van der Waals surface area contributed by atoms with E-state index in [9.17, 15) is 13.6 Å². The second-order valence-electron chi connectivity index (χ2n) is 3.19. The monoisotopic (exact) mass is 308 g/mol. The predicted molar refractivity (Wildman–Crippen MR) is 61.6 cm³/mol. The zero-order valence-corrected chi connectivity index (χ0v) is 10.6. The van der Waals surface area contributed by atoms with Gasteiger partial charge in [0.05, 0.1) is 30.0 Å². The molecule has 0 radical (unpaired) electrons. The molecule has 0 spiro atoms. The highest BCUT2D eigenvalue weighted by atomic mass is 79.9. The third-order valence-electron chi connectivity index (χ3n) is 1.97. The fourth-order valence-electron chi connectivity index (χ4n) is 1.20. The van der Waals surface area contributed by atoms with Crippen LogP contribution in [0, 0.1) is 0 Å². The quantitative estimate of drug-likeness (QED) is 0.685. The van der Waals surface area contributed by atoms with Crippen molar-refractivity contribution in [2.45, 2.75) is 19.8 Å². The van der Waals surface area contributed by atoms with Gasteiger partial charge in [0.25, 0.3) is 6.43 Å². The molecule has 0 saturated carbocycles. The number of alkyl halides is 2. The van der Waals surface area contributed by atoms with Gasteiger partial charge in [0.1, 0.15) is 4.60 Å². The van der Waals surface area contributed by atoms with Gasteiger partial charge in [-0.3, -0.25) is 4.79 Å². The Hall–Kier alpha value is -1.24. The molecule has 1 aromatic rings. The molecule has 1 heterocycles. The first kappa shape index (κ1) is 13.8. The number of ether oxygens (including phenoxy) is 1. The fraction of sp³-hybridized carbons (Fsp3) is 0.400. The first-order chi connectivity index (χ1) is 7.95. The van der Waals surface area contributed by atoms with E-state index in [-0.39, 0.29) is 34.6 Å². The molecule has 0 fully saturated rings. The van der Waals surface area contributed by atoms with Crippen molar-refractivity contribution in [1.82, 2.24) is 4.98 Å². The molecule has 2 N–H and O–H groups in total. The minimum Gasteiger partial charge on any atom is -0.466 e. The number of carbonyl (C=O) groups excluding carboxylic acids is 1. The standard InChI is InChI=1S/C10H11BrF2N2O2/c1-2-17-8(16)4-7-6(14)3-5(10(12)13)9(11)15-7/h3,10H,2,4,14H2,1H3. The van der Waals surface area contributed by atoms with Crippen molar-refractivity contribution < 1.29 is 18.3 Å². The van der Waals surface area contributed by atoms with E-state index in [2.05, 4.69) is 20.9 Å². The van der Waals surface area contributed by atoms with Crippen LogP contribution in [0.1, 0.15) is 24.6 Å². The molecule has 7 heteroatoms. The molecule has 1 aromatic heterocycles. The van der Waals surface area contributed by atoms with Crippen molar-refractivity contribution in [3.05, 3.63) is 21.9 Å². The number of hydrogen-bond acceptors (Lipinski definition) is 4. The Bertz CT molecular complexity index is 427. The smallest absolute Gasteiger partial charge is 0.311 e. The van der Waals surface area contributed by atoms with Crippen LogP contribution in [0.4, 0.5) is 14.5 Å². The number of halogens is 3. The number of nitrogen functional groups attached to an aromatic ring is 1. The van der Waals surface area contributed by atoms with E-state index in [0.717, 1.165) is 6.07 Å². The third kappa shape index (κ3) is 3.62. The lowest BCUT2D eigenvalue weighted by atomic mass is 10.2. The lowest BCUT2D eigenvalue weighted by Crippen LogP contribution is -2.11. The Morgan fingerprint density at radius 3 is 2.82 bits per heavy atom. The van der Waals surface area contributed by atoms with Crippen molar-refractivity contribution in [2.75, 3.05) is 12.3 Å². The fourth-order valence-corrected chi connectivity index (χ4v) is 1.70. The van der Waals surface area contributed by atoms with Crippen molar-refractivity contribution in [1.29, 1.82) is 0 Å². The molecule has 0 unspecified atom stereocenters. The lowest BCUT2D eigenvalue weighted by molar-refractivity contribution is -0.142. The van der Waals surface area contributed by atoms with E-state index in [0.29, 0.717) is 0 Å². The first-order valence-electron chi connectivity index (χ1n) is 4.84. The van der Waals surface area contributed by atoms with Gasteiger partial charge in [0.2, 0.25) is 0 Å². The van der Waals surface area contributed by atoms with Gasteiger partial charge < -0.3 is 10.5 Å². The molecule has 4 nitrogen and oxygen atoms in total. The predicted octanol–water partition coefficient (Wildman–Crippen LogP) is 2.47. The van der Waals surface area contributed by atoms with Crippen LogP contribution in [0.5, 0.6) is 0 Å². The number of pyridine rings is 1. The number of rotatable bonds is 4. The van der Waals surface area contributed by atoms with Crippen LogP contribution in [0.2, 0.25) is 0 Å². The molecule has 0 saturated heterocycles. The van der Waals surface area contributed by atoms with Crippen LogP contribution >= 0.6 is 15.9 Å². The number of nitrogens with zero attached hydrogens (tertiary/aromatic N) is 1. The van der Waals surface area contributed by atoms with Gasteiger partial charge in [0, 0.05) is 0 Å². The number of anilines is 1. The molecule has 0 bridgehead atoms. The number of esters is 1. The number of nitrogens with two attached hydrogens (primary N) is 1. The van der Waals surface area contributed by atoms with Gasteiger partial charge >= 0.3 is 5.97 Å². The lowest BCUT2D eigenvalue weighted by Gasteiger charge is -2.09. The van der Waals surface area contributed by atoms with E-state index >= 15 is 0 Å². The zero-order valence-electron chi connectivity index (χ0n) is 9.04. The van der Waals surface area contributed by atoms with E-state index in [1.165, 1.54) is 0 Å². The van der Waals surface area contributed by atoms with E-state index < -0.39 is 12.4 Å². The average molecular weight is 309 g/mol. The van der Waals surface area contributed by atoms with Crippen LogP contribution in [0.3, 0.4) is 0 Å². The summed E-state index contributed by atoms with van der Waals surface area (Å²) in [5.74, 6) is -0.497. The summed E-state index contributed by atoms with van der Waals surface area (Å²) in [6.07, 6.45) is -2.81. The third-order valence-corrected chi connectivity index (χ3v) is 2.60. The maximum Gasteiger partial charge on any atom is 0.311 e. The maximum absolute atomic E-state index is 12.5. The summed E-state index contributed by atoms with van der Waals surface area (Å²) < 4.78 is 29.7. The molecule has 94 valence electrons. The summed E-state index contributed by atoms with van der Waals surface area (Å²) in [4.78, 5) is 15.0. The molecule has 0 aliphatic heterocycles.